The molecular formula is CH3NO4S. The highest BCUT2D eigenvalue weighted by atomic mass is 32.2. The van der Waals surface area contributed by atoms with E-state index in [-0.39, 0.29) is 0 Å². The SMILES string of the molecule is N=C=O.O=[SH](=O)O. The average Bonchev–Trinajstić information content (AvgIpc) is 1.33. The Bertz CT molecular complexity index is 112. The van der Waals surface area contributed by atoms with Gasteiger partial charge < -0.3 is 0 Å². The van der Waals surface area contributed by atoms with Gasteiger partial charge in [0, 0.05) is 0 Å². The van der Waals surface area contributed by atoms with Gasteiger partial charge in [-0.15, -0.1) is 0 Å². The Kier molecular flexibility index (Phi) is 12.3. The second-order valence-corrected chi connectivity index (χ2v) is 0.816. The van der Waals surface area contributed by atoms with E-state index in [0.29, 0.717) is 0 Å². The molecule has 0 aromatic rings. The second kappa shape index (κ2) is 8.99. The Hall–Kier alpha value is -0.710. The number of thiol groups is 1. The van der Waals surface area contributed by atoms with E-state index in [4.69, 9.17) is 23.2 Å². The number of hydrogen-bond acceptors (Lipinski definition) is 4. The van der Waals surface area contributed by atoms with Gasteiger partial charge in [0.25, 0.3) is 11.0 Å². The monoisotopic (exact) mass is 125 g/mol. The minimum atomic E-state index is -3.12. The van der Waals surface area contributed by atoms with Gasteiger partial charge in [0.2, 0.25) is 6.08 Å². The molecule has 0 bridgehead atoms. The number of isocyanates is 1. The van der Waals surface area contributed by atoms with Crippen LogP contribution in [0.4, 0.5) is 0 Å². The van der Waals surface area contributed by atoms with Gasteiger partial charge in [-0.25, -0.2) is 18.6 Å². The number of rotatable bonds is 0. The van der Waals surface area contributed by atoms with Crippen LogP contribution >= 0.6 is 0 Å². The summed E-state index contributed by atoms with van der Waals surface area (Å²) in [6.07, 6.45) is 0.750. The molecular weight excluding hydrogens is 122 g/mol. The van der Waals surface area contributed by atoms with Gasteiger partial charge in [-0.05, 0) is 0 Å². The zero-order valence-electron chi connectivity index (χ0n) is 3.12. The van der Waals surface area contributed by atoms with Crippen LogP contribution in [0.25, 0.3) is 0 Å². The van der Waals surface area contributed by atoms with Crippen molar-refractivity contribution >= 4 is 17.1 Å². The quantitative estimate of drug-likeness (QED) is 0.167. The summed E-state index contributed by atoms with van der Waals surface area (Å²) in [5.41, 5.74) is 0. The summed E-state index contributed by atoms with van der Waals surface area (Å²) < 4.78 is 24.2. The highest BCUT2D eigenvalue weighted by Crippen LogP contribution is 1.27. The molecule has 0 saturated carbocycles. The fourth-order valence-corrected chi connectivity index (χ4v) is 0. The van der Waals surface area contributed by atoms with Crippen LogP contribution in [0, 0.1) is 5.41 Å². The van der Waals surface area contributed by atoms with Crippen molar-refractivity contribution in [2.24, 2.45) is 0 Å². The molecule has 0 radical (unpaired) electrons. The van der Waals surface area contributed by atoms with Gasteiger partial charge in [-0.3, -0.25) is 4.55 Å². The molecule has 0 aromatic heterocycles. The number of hydrogen-bond donors (Lipinski definition) is 3. The van der Waals surface area contributed by atoms with E-state index in [1.54, 1.807) is 0 Å². The second-order valence-electron chi connectivity index (χ2n) is 0.340. The van der Waals surface area contributed by atoms with Crippen LogP contribution in [0.5, 0.6) is 0 Å². The van der Waals surface area contributed by atoms with Crippen LogP contribution in [0.1, 0.15) is 0 Å². The van der Waals surface area contributed by atoms with E-state index in [9.17, 15) is 0 Å². The van der Waals surface area contributed by atoms with E-state index in [0.717, 1.165) is 6.08 Å². The highest BCUT2D eigenvalue weighted by Gasteiger charge is 1.44. The lowest BCUT2D eigenvalue weighted by atomic mass is 11.7. The van der Waals surface area contributed by atoms with E-state index in [1.165, 1.54) is 0 Å². The van der Waals surface area contributed by atoms with Crippen molar-refractivity contribution in [3.05, 3.63) is 0 Å². The molecule has 0 saturated heterocycles. The van der Waals surface area contributed by atoms with Gasteiger partial charge >= 0.3 is 0 Å². The van der Waals surface area contributed by atoms with Crippen LogP contribution in [0.3, 0.4) is 0 Å². The molecule has 6 heteroatoms. The molecule has 0 aliphatic carbocycles. The van der Waals surface area contributed by atoms with Crippen molar-refractivity contribution in [1.82, 2.24) is 0 Å². The molecule has 0 heterocycles. The fraction of sp³-hybridized carbons (Fsp3) is 0. The predicted molar refractivity (Wildman–Crippen MR) is 21.4 cm³/mol. The van der Waals surface area contributed by atoms with Gasteiger partial charge in [0.15, 0.2) is 0 Å². The van der Waals surface area contributed by atoms with Gasteiger partial charge in [-0.1, -0.05) is 0 Å². The van der Waals surface area contributed by atoms with Gasteiger partial charge in [-0.2, -0.15) is 0 Å². The third-order valence-electron chi connectivity index (χ3n) is 0. The Labute approximate surface area is 41.3 Å². The molecule has 2 N–H and O–H groups in total. The minimum Gasteiger partial charge on any atom is -0.288 e. The minimum absolute atomic E-state index is 0.750. The molecule has 42 valence electrons. The fourth-order valence-electron chi connectivity index (χ4n) is 0. The summed E-state index contributed by atoms with van der Waals surface area (Å²) >= 11 is 0. The van der Waals surface area contributed by atoms with Crippen molar-refractivity contribution in [2.75, 3.05) is 0 Å². The lowest BCUT2D eigenvalue weighted by Crippen LogP contribution is -1.58. The van der Waals surface area contributed by atoms with Crippen LogP contribution in [0.15, 0.2) is 0 Å². The molecule has 7 heavy (non-hydrogen) atoms. The summed E-state index contributed by atoms with van der Waals surface area (Å²) in [7, 11) is -3.12. The maximum atomic E-state index is 8.59. The zero-order valence-corrected chi connectivity index (χ0v) is 4.01. The predicted octanol–water partition coefficient (Wildman–Crippen LogP) is -1.03. The Morgan fingerprint density at radius 2 is 1.57 bits per heavy atom. The van der Waals surface area contributed by atoms with Crippen molar-refractivity contribution in [3.63, 3.8) is 0 Å². The summed E-state index contributed by atoms with van der Waals surface area (Å²) in [5, 5.41) is 5.40. The molecule has 0 spiro atoms. The Balaban J connectivity index is 0. The molecule has 5 nitrogen and oxygen atoms in total. The third-order valence-corrected chi connectivity index (χ3v) is 0. The number of nitrogens with one attached hydrogen (secondary N) is 1. The molecule has 0 rings (SSSR count). The largest absolute Gasteiger partial charge is 0.288 e. The molecule has 0 fully saturated rings. The topological polar surface area (TPSA) is 95.3 Å². The van der Waals surface area contributed by atoms with E-state index < -0.39 is 11.0 Å². The van der Waals surface area contributed by atoms with Crippen LogP contribution in [-0.2, 0) is 15.8 Å². The van der Waals surface area contributed by atoms with Crippen molar-refractivity contribution in [3.8, 4) is 0 Å². The van der Waals surface area contributed by atoms with Crippen molar-refractivity contribution in [2.45, 2.75) is 0 Å². The Morgan fingerprint density at radius 1 is 1.57 bits per heavy atom. The van der Waals surface area contributed by atoms with Gasteiger partial charge in [0.1, 0.15) is 0 Å². The van der Waals surface area contributed by atoms with Crippen molar-refractivity contribution in [1.29, 1.82) is 5.41 Å². The first-order chi connectivity index (χ1) is 3.15. The zero-order chi connectivity index (χ0) is 6.28. The number of carbonyl (C=O) groups excluding carboxylic acids is 1. The van der Waals surface area contributed by atoms with Crippen LogP contribution in [-0.4, -0.2) is 19.1 Å². The van der Waals surface area contributed by atoms with Crippen molar-refractivity contribution < 1.29 is 17.8 Å². The normalized spacial score (nSPS) is 6.00. The molecule has 0 aliphatic rings. The summed E-state index contributed by atoms with van der Waals surface area (Å²) in [4.78, 5) is 8.35. The molecule has 0 amide bonds. The first-order valence-electron chi connectivity index (χ1n) is 1.02. The molecule has 0 unspecified atom stereocenters. The van der Waals surface area contributed by atoms with Crippen LogP contribution in [0.2, 0.25) is 0 Å². The lowest BCUT2D eigenvalue weighted by Gasteiger charge is -1.43. The Morgan fingerprint density at radius 3 is 1.57 bits per heavy atom. The van der Waals surface area contributed by atoms with Gasteiger partial charge in [0.05, 0.1) is 0 Å². The average molecular weight is 125 g/mol. The van der Waals surface area contributed by atoms with E-state index in [1.807, 2.05) is 0 Å². The maximum absolute atomic E-state index is 8.59. The summed E-state index contributed by atoms with van der Waals surface area (Å²) in [6, 6.07) is 0. The summed E-state index contributed by atoms with van der Waals surface area (Å²) in [5.74, 6) is 0. The van der Waals surface area contributed by atoms with E-state index >= 15 is 0 Å². The molecule has 0 atom stereocenters. The van der Waals surface area contributed by atoms with E-state index in [2.05, 4.69) is 0 Å². The molecule has 0 aliphatic heterocycles. The summed E-state index contributed by atoms with van der Waals surface area (Å²) in [6.45, 7) is 0. The highest BCUT2D eigenvalue weighted by molar-refractivity contribution is 7.66. The maximum Gasteiger partial charge on any atom is 0.254 e. The smallest absolute Gasteiger partial charge is 0.254 e. The lowest BCUT2D eigenvalue weighted by molar-refractivity contribution is 0.509. The first-order valence-corrected chi connectivity index (χ1v) is 2.15. The van der Waals surface area contributed by atoms with Crippen LogP contribution < -0.4 is 0 Å². The standard InChI is InChI=1S/CHNO.H2O3S/c2-1-3;1-4(2)3/h2H;4H,(H,1,2,3). The third kappa shape index (κ3) is 114. The first kappa shape index (κ1) is 9.56. The molecule has 0 aromatic carbocycles.